The zero-order valence-corrected chi connectivity index (χ0v) is 13.7. The van der Waals surface area contributed by atoms with Crippen LogP contribution in [0.1, 0.15) is 24.0 Å². The first-order valence-corrected chi connectivity index (χ1v) is 7.79. The number of likely N-dealkylation sites (N-methyl/N-ethyl adjacent to an activating group) is 1. The third kappa shape index (κ3) is 5.98. The lowest BCUT2D eigenvalue weighted by molar-refractivity contribution is -0.130. The second-order valence-corrected chi connectivity index (χ2v) is 5.92. The lowest BCUT2D eigenvalue weighted by atomic mass is 10.3. The number of ether oxygens (including phenoxy) is 1. The first-order valence-electron chi connectivity index (χ1n) is 6.91. The highest BCUT2D eigenvalue weighted by Gasteiger charge is 2.14. The van der Waals surface area contributed by atoms with E-state index < -0.39 is 0 Å². The van der Waals surface area contributed by atoms with Crippen molar-refractivity contribution < 1.29 is 9.53 Å². The average molecular weight is 299 g/mol. The van der Waals surface area contributed by atoms with Crippen LogP contribution in [0, 0.1) is 0 Å². The molecule has 0 radical (unpaired) electrons. The number of hydrogen-bond acceptors (Lipinski definition) is 5. The Kier molecular flexibility index (Phi) is 7.72. The van der Waals surface area contributed by atoms with Gasteiger partial charge in [0, 0.05) is 39.7 Å². The van der Waals surface area contributed by atoms with Gasteiger partial charge in [0.25, 0.3) is 0 Å². The van der Waals surface area contributed by atoms with Crippen LogP contribution < -0.4 is 0 Å². The molecule has 0 atom stereocenters. The Morgan fingerprint density at radius 2 is 2.20 bits per heavy atom. The summed E-state index contributed by atoms with van der Waals surface area (Å²) in [6.45, 7) is 4.60. The molecule has 5 nitrogen and oxygen atoms in total. The van der Waals surface area contributed by atoms with Gasteiger partial charge in [-0.05, 0) is 12.8 Å². The lowest BCUT2D eigenvalue weighted by Crippen LogP contribution is -2.38. The molecular formula is C14H25N3O2S. The van der Waals surface area contributed by atoms with Gasteiger partial charge < -0.3 is 9.64 Å². The maximum Gasteiger partial charge on any atom is 0.236 e. The predicted molar refractivity (Wildman–Crippen MR) is 82.0 cm³/mol. The Bertz CT molecular complexity index is 407. The van der Waals surface area contributed by atoms with Crippen LogP contribution in [-0.2, 0) is 22.5 Å². The van der Waals surface area contributed by atoms with Crippen molar-refractivity contribution in [2.45, 2.75) is 26.3 Å². The van der Waals surface area contributed by atoms with Crippen LogP contribution in [0.25, 0.3) is 0 Å². The van der Waals surface area contributed by atoms with Crippen LogP contribution in [0.5, 0.6) is 0 Å². The number of carbonyl (C=O) groups excluding carboxylic acids is 1. The molecular weight excluding hydrogens is 274 g/mol. The number of amides is 1. The minimum atomic E-state index is 0.102. The Balaban J connectivity index is 2.60. The molecule has 0 saturated carbocycles. The number of thiazole rings is 1. The molecule has 0 N–H and O–H groups in total. The fourth-order valence-corrected chi connectivity index (χ4v) is 2.64. The zero-order valence-electron chi connectivity index (χ0n) is 12.9. The van der Waals surface area contributed by atoms with Crippen molar-refractivity contribution in [1.82, 2.24) is 14.8 Å². The lowest BCUT2D eigenvalue weighted by Gasteiger charge is -2.22. The minimum Gasteiger partial charge on any atom is -0.383 e. The van der Waals surface area contributed by atoms with E-state index in [0.29, 0.717) is 19.7 Å². The van der Waals surface area contributed by atoms with E-state index in [1.54, 1.807) is 37.4 Å². The number of nitrogens with zero attached hydrogens (tertiary/aromatic N) is 3. The van der Waals surface area contributed by atoms with Crippen LogP contribution in [-0.4, -0.2) is 61.6 Å². The molecule has 1 aromatic heterocycles. The highest BCUT2D eigenvalue weighted by Crippen LogP contribution is 2.13. The van der Waals surface area contributed by atoms with Crippen molar-refractivity contribution in [1.29, 1.82) is 0 Å². The Morgan fingerprint density at radius 3 is 2.80 bits per heavy atom. The van der Waals surface area contributed by atoms with Crippen molar-refractivity contribution in [3.63, 3.8) is 0 Å². The van der Waals surface area contributed by atoms with Crippen molar-refractivity contribution in [3.05, 3.63) is 16.1 Å². The molecule has 20 heavy (non-hydrogen) atoms. The molecule has 0 bridgehead atoms. The normalized spacial score (nSPS) is 11.1. The summed E-state index contributed by atoms with van der Waals surface area (Å²) in [4.78, 5) is 20.1. The van der Waals surface area contributed by atoms with E-state index in [4.69, 9.17) is 4.74 Å². The molecule has 1 rings (SSSR count). The Labute approximate surface area is 125 Å². The highest BCUT2D eigenvalue weighted by atomic mass is 32.1. The maximum absolute atomic E-state index is 11.8. The fraction of sp³-hybridized carbons (Fsp3) is 0.714. The summed E-state index contributed by atoms with van der Waals surface area (Å²) in [6, 6.07) is 0. The van der Waals surface area contributed by atoms with Crippen molar-refractivity contribution >= 4 is 17.2 Å². The summed E-state index contributed by atoms with van der Waals surface area (Å²) in [5.74, 6) is 0.102. The molecule has 6 heteroatoms. The van der Waals surface area contributed by atoms with Gasteiger partial charge in [-0.25, -0.2) is 4.98 Å². The summed E-state index contributed by atoms with van der Waals surface area (Å²) in [6.07, 6.45) is 2.14. The molecule has 0 aromatic carbocycles. The van der Waals surface area contributed by atoms with Crippen molar-refractivity contribution in [2.75, 3.05) is 40.9 Å². The van der Waals surface area contributed by atoms with Gasteiger partial charge in [0.05, 0.1) is 23.9 Å². The maximum atomic E-state index is 11.8. The third-order valence-corrected chi connectivity index (χ3v) is 3.88. The number of rotatable bonds is 9. The van der Waals surface area contributed by atoms with Gasteiger partial charge in [-0.15, -0.1) is 11.3 Å². The van der Waals surface area contributed by atoms with E-state index in [1.807, 2.05) is 0 Å². The second-order valence-electron chi connectivity index (χ2n) is 4.97. The molecule has 0 aliphatic carbocycles. The van der Waals surface area contributed by atoms with E-state index in [9.17, 15) is 4.79 Å². The van der Waals surface area contributed by atoms with E-state index in [1.165, 1.54) is 5.01 Å². The fourth-order valence-electron chi connectivity index (χ4n) is 1.75. The van der Waals surface area contributed by atoms with Crippen molar-refractivity contribution in [2.24, 2.45) is 0 Å². The van der Waals surface area contributed by atoms with Gasteiger partial charge in [-0.2, -0.15) is 0 Å². The Morgan fingerprint density at radius 1 is 1.45 bits per heavy atom. The topological polar surface area (TPSA) is 45.7 Å². The highest BCUT2D eigenvalue weighted by molar-refractivity contribution is 7.09. The zero-order chi connectivity index (χ0) is 15.0. The standard InChI is InChI=1S/C14H25N3O2S/c1-5-6-13-15-12(11-20-13)9-17(7-8-19-4)10-14(18)16(2)3/h11H,5-10H2,1-4H3. The van der Waals surface area contributed by atoms with E-state index in [2.05, 4.69) is 22.2 Å². The predicted octanol–water partition coefficient (Wildman–Crippen LogP) is 1.63. The van der Waals surface area contributed by atoms with E-state index in [0.717, 1.165) is 25.1 Å². The summed E-state index contributed by atoms with van der Waals surface area (Å²) >= 11 is 1.70. The molecule has 0 unspecified atom stereocenters. The van der Waals surface area contributed by atoms with Gasteiger partial charge in [0.2, 0.25) is 5.91 Å². The summed E-state index contributed by atoms with van der Waals surface area (Å²) in [5.41, 5.74) is 1.04. The van der Waals surface area contributed by atoms with Gasteiger partial charge in [0.15, 0.2) is 0 Å². The number of carbonyl (C=O) groups is 1. The van der Waals surface area contributed by atoms with Gasteiger partial charge in [-0.3, -0.25) is 9.69 Å². The van der Waals surface area contributed by atoms with Gasteiger partial charge >= 0.3 is 0 Å². The van der Waals surface area contributed by atoms with E-state index in [-0.39, 0.29) is 5.91 Å². The molecule has 1 amide bonds. The molecule has 0 fully saturated rings. The van der Waals surface area contributed by atoms with Crippen LogP contribution in [0.3, 0.4) is 0 Å². The SMILES string of the molecule is CCCc1nc(CN(CCOC)CC(=O)N(C)C)cs1. The quantitative estimate of drug-likeness (QED) is 0.695. The molecule has 0 aliphatic rings. The molecule has 0 spiro atoms. The van der Waals surface area contributed by atoms with Crippen LogP contribution >= 0.6 is 11.3 Å². The first kappa shape index (κ1) is 17.1. The smallest absolute Gasteiger partial charge is 0.236 e. The Hall–Kier alpha value is -0.980. The largest absolute Gasteiger partial charge is 0.383 e. The number of methoxy groups -OCH3 is 1. The molecule has 0 saturated heterocycles. The number of hydrogen-bond donors (Lipinski definition) is 0. The molecule has 114 valence electrons. The third-order valence-electron chi connectivity index (χ3n) is 2.92. The molecule has 1 heterocycles. The number of aryl methyl sites for hydroxylation is 1. The van der Waals surface area contributed by atoms with Crippen molar-refractivity contribution in [3.8, 4) is 0 Å². The average Bonchev–Trinajstić information content (AvgIpc) is 2.83. The first-order chi connectivity index (χ1) is 9.56. The molecule has 1 aromatic rings. The van der Waals surface area contributed by atoms with Crippen LogP contribution in [0.2, 0.25) is 0 Å². The number of aromatic nitrogens is 1. The van der Waals surface area contributed by atoms with Gasteiger partial charge in [-0.1, -0.05) is 6.92 Å². The minimum absolute atomic E-state index is 0.102. The molecule has 0 aliphatic heterocycles. The summed E-state index contributed by atoms with van der Waals surface area (Å²) in [5, 5.41) is 3.26. The van der Waals surface area contributed by atoms with Crippen LogP contribution in [0.15, 0.2) is 5.38 Å². The van der Waals surface area contributed by atoms with Crippen LogP contribution in [0.4, 0.5) is 0 Å². The second kappa shape index (κ2) is 9.05. The summed E-state index contributed by atoms with van der Waals surface area (Å²) in [7, 11) is 5.23. The monoisotopic (exact) mass is 299 g/mol. The van der Waals surface area contributed by atoms with Gasteiger partial charge in [0.1, 0.15) is 0 Å². The van der Waals surface area contributed by atoms with E-state index >= 15 is 0 Å². The summed E-state index contributed by atoms with van der Waals surface area (Å²) < 4.78 is 5.11.